The Morgan fingerprint density at radius 3 is 2.48 bits per heavy atom. The summed E-state index contributed by atoms with van der Waals surface area (Å²) in [5, 5.41) is -0.0983. The number of methoxy groups -OCH3 is 1. The van der Waals surface area contributed by atoms with Gasteiger partial charge in [0, 0.05) is 12.2 Å². The van der Waals surface area contributed by atoms with E-state index in [2.05, 4.69) is 14.7 Å². The number of nitrogens with one attached hydrogen (secondary N) is 1. The highest BCUT2D eigenvalue weighted by Crippen LogP contribution is 2.32. The highest BCUT2D eigenvalue weighted by molar-refractivity contribution is 7.92. The highest BCUT2D eigenvalue weighted by Gasteiger charge is 2.23. The first-order valence-electron chi connectivity index (χ1n) is 8.80. The first-order chi connectivity index (χ1) is 14.0. The van der Waals surface area contributed by atoms with Crippen molar-refractivity contribution in [1.82, 2.24) is 9.97 Å². The van der Waals surface area contributed by atoms with Gasteiger partial charge in [0.05, 0.1) is 24.8 Å². The van der Waals surface area contributed by atoms with Crippen molar-refractivity contribution in [2.75, 3.05) is 18.4 Å². The lowest BCUT2D eigenvalue weighted by atomic mass is 10.0. The molecule has 3 aromatic rings. The Balaban J connectivity index is 2.07. The molecule has 1 heterocycles. The van der Waals surface area contributed by atoms with Crippen molar-refractivity contribution in [2.45, 2.75) is 18.4 Å². The van der Waals surface area contributed by atoms with Crippen molar-refractivity contribution in [1.29, 1.82) is 0 Å². The zero-order chi connectivity index (χ0) is 20.9. The number of hydrogen-bond donors (Lipinski definition) is 1. The summed E-state index contributed by atoms with van der Waals surface area (Å²) in [6.45, 7) is 2.85. The predicted molar refractivity (Wildman–Crippen MR) is 112 cm³/mol. The normalized spacial score (nSPS) is 11.3. The molecule has 9 heteroatoms. The number of aromatic nitrogens is 2. The molecule has 0 unspecified atom stereocenters. The van der Waals surface area contributed by atoms with E-state index in [1.807, 2.05) is 31.2 Å². The number of nitrogens with zero attached hydrogens (tertiary/aromatic N) is 2. The standard InChI is InChI=1S/C20H20ClN3O4S/c1-3-28-13-14-8-4-5-9-15(14)16-10-6-7-11-18(16)29(25,26)24-19-17(27-2)12-22-20(21)23-19/h4-12H,3,13H2,1-2H3,(H,22,23,24). The lowest BCUT2D eigenvalue weighted by Crippen LogP contribution is -2.16. The van der Waals surface area contributed by atoms with Gasteiger partial charge >= 0.3 is 0 Å². The number of rotatable bonds is 8. The van der Waals surface area contributed by atoms with Crippen LogP contribution in [0, 0.1) is 0 Å². The quantitative estimate of drug-likeness (QED) is 0.537. The maximum atomic E-state index is 13.2. The van der Waals surface area contributed by atoms with Crippen molar-refractivity contribution < 1.29 is 17.9 Å². The Kier molecular flexibility index (Phi) is 6.68. The third-order valence-corrected chi connectivity index (χ3v) is 5.70. The second-order valence-electron chi connectivity index (χ2n) is 5.95. The largest absolute Gasteiger partial charge is 0.491 e. The average Bonchev–Trinajstić information content (AvgIpc) is 2.72. The Morgan fingerprint density at radius 2 is 1.76 bits per heavy atom. The molecule has 0 amide bonds. The molecule has 0 aliphatic carbocycles. The summed E-state index contributed by atoms with van der Waals surface area (Å²) in [6.07, 6.45) is 1.30. The summed E-state index contributed by atoms with van der Waals surface area (Å²) in [7, 11) is -2.61. The fourth-order valence-corrected chi connectivity index (χ4v) is 4.17. The van der Waals surface area contributed by atoms with Crippen LogP contribution in [-0.4, -0.2) is 32.1 Å². The minimum absolute atomic E-state index is 0.0371. The van der Waals surface area contributed by atoms with Gasteiger partial charge in [-0.2, -0.15) is 4.98 Å². The molecular formula is C20H20ClN3O4S. The number of benzene rings is 2. The van der Waals surface area contributed by atoms with Crippen molar-refractivity contribution >= 4 is 27.4 Å². The summed E-state index contributed by atoms with van der Waals surface area (Å²) in [5.74, 6) is 0.122. The molecule has 0 aliphatic heterocycles. The number of sulfonamides is 1. The summed E-state index contributed by atoms with van der Waals surface area (Å²) in [6, 6.07) is 14.3. The summed E-state index contributed by atoms with van der Waals surface area (Å²) in [4.78, 5) is 7.83. The van der Waals surface area contributed by atoms with Gasteiger partial charge < -0.3 is 9.47 Å². The van der Waals surface area contributed by atoms with Crippen molar-refractivity contribution in [3.8, 4) is 16.9 Å². The third kappa shape index (κ3) is 4.84. The van der Waals surface area contributed by atoms with Gasteiger partial charge in [0.25, 0.3) is 10.0 Å². The minimum atomic E-state index is -4.00. The fraction of sp³-hybridized carbons (Fsp3) is 0.200. The van der Waals surface area contributed by atoms with E-state index >= 15 is 0 Å². The van der Waals surface area contributed by atoms with E-state index in [1.165, 1.54) is 19.4 Å². The smallest absolute Gasteiger partial charge is 0.263 e. The lowest BCUT2D eigenvalue weighted by molar-refractivity contribution is 0.134. The lowest BCUT2D eigenvalue weighted by Gasteiger charge is -2.16. The molecule has 0 saturated heterocycles. The van der Waals surface area contributed by atoms with Crippen LogP contribution in [0.4, 0.5) is 5.82 Å². The first kappa shape index (κ1) is 21.0. The van der Waals surface area contributed by atoms with Crippen molar-refractivity contribution in [2.24, 2.45) is 0 Å². The van der Waals surface area contributed by atoms with Crippen molar-refractivity contribution in [3.63, 3.8) is 0 Å². The second-order valence-corrected chi connectivity index (χ2v) is 7.94. The van der Waals surface area contributed by atoms with Gasteiger partial charge in [-0.25, -0.2) is 13.4 Å². The van der Waals surface area contributed by atoms with Crippen LogP contribution in [0.3, 0.4) is 0 Å². The van der Waals surface area contributed by atoms with E-state index < -0.39 is 10.0 Å². The number of halogens is 1. The fourth-order valence-electron chi connectivity index (χ4n) is 2.80. The van der Waals surface area contributed by atoms with Gasteiger partial charge in [0.15, 0.2) is 11.6 Å². The van der Waals surface area contributed by atoms with Gasteiger partial charge in [-0.15, -0.1) is 0 Å². The van der Waals surface area contributed by atoms with E-state index in [-0.39, 0.29) is 21.7 Å². The Hall–Kier alpha value is -2.68. The van der Waals surface area contributed by atoms with Crippen LogP contribution in [0.25, 0.3) is 11.1 Å². The molecule has 0 bridgehead atoms. The first-order valence-corrected chi connectivity index (χ1v) is 10.7. The van der Waals surface area contributed by atoms with Gasteiger partial charge in [0.2, 0.25) is 5.28 Å². The van der Waals surface area contributed by atoms with Gasteiger partial charge in [-0.1, -0.05) is 42.5 Å². The Bertz CT molecular complexity index is 1110. The van der Waals surface area contributed by atoms with Crippen molar-refractivity contribution in [3.05, 3.63) is 65.6 Å². The summed E-state index contributed by atoms with van der Waals surface area (Å²) < 4.78 is 39.5. The molecule has 1 aromatic heterocycles. The molecular weight excluding hydrogens is 414 g/mol. The van der Waals surface area contributed by atoms with E-state index in [4.69, 9.17) is 21.1 Å². The predicted octanol–water partition coefficient (Wildman–Crippen LogP) is 4.14. The van der Waals surface area contributed by atoms with Gasteiger partial charge in [0.1, 0.15) is 0 Å². The van der Waals surface area contributed by atoms with E-state index in [9.17, 15) is 8.42 Å². The summed E-state index contributed by atoms with van der Waals surface area (Å²) in [5.41, 5.74) is 2.21. The van der Waals surface area contributed by atoms with E-state index in [0.29, 0.717) is 18.8 Å². The average molecular weight is 434 g/mol. The zero-order valence-corrected chi connectivity index (χ0v) is 17.5. The second kappa shape index (κ2) is 9.21. The molecule has 1 N–H and O–H groups in total. The SMILES string of the molecule is CCOCc1ccccc1-c1ccccc1S(=O)(=O)Nc1nc(Cl)ncc1OC. The zero-order valence-electron chi connectivity index (χ0n) is 15.9. The molecule has 0 atom stereocenters. The minimum Gasteiger partial charge on any atom is -0.491 e. The van der Waals surface area contributed by atoms with Crippen LogP contribution < -0.4 is 9.46 Å². The molecule has 0 aliphatic rings. The topological polar surface area (TPSA) is 90.4 Å². The van der Waals surface area contributed by atoms with Gasteiger partial charge in [-0.3, -0.25) is 4.72 Å². The van der Waals surface area contributed by atoms with E-state index in [0.717, 1.165) is 11.1 Å². The molecule has 3 rings (SSSR count). The highest BCUT2D eigenvalue weighted by atomic mass is 35.5. The third-order valence-electron chi connectivity index (χ3n) is 4.12. The Labute approximate surface area is 174 Å². The van der Waals surface area contributed by atoms with Crippen LogP contribution in [-0.2, 0) is 21.4 Å². The molecule has 7 nitrogen and oxygen atoms in total. The maximum Gasteiger partial charge on any atom is 0.263 e. The van der Waals surface area contributed by atoms with Crippen LogP contribution in [0.5, 0.6) is 5.75 Å². The molecule has 0 spiro atoms. The molecule has 0 radical (unpaired) electrons. The van der Waals surface area contributed by atoms with Crippen LogP contribution in [0.1, 0.15) is 12.5 Å². The molecule has 29 heavy (non-hydrogen) atoms. The number of hydrogen-bond acceptors (Lipinski definition) is 6. The van der Waals surface area contributed by atoms with E-state index in [1.54, 1.807) is 18.2 Å². The van der Waals surface area contributed by atoms with Gasteiger partial charge in [-0.05, 0) is 35.7 Å². The van der Waals surface area contributed by atoms with Crippen LogP contribution in [0.2, 0.25) is 5.28 Å². The molecule has 0 fully saturated rings. The summed E-state index contributed by atoms with van der Waals surface area (Å²) >= 11 is 5.82. The maximum absolute atomic E-state index is 13.2. The molecule has 152 valence electrons. The monoisotopic (exact) mass is 433 g/mol. The Morgan fingerprint density at radius 1 is 1.07 bits per heavy atom. The van der Waals surface area contributed by atoms with Crippen LogP contribution >= 0.6 is 11.6 Å². The van der Waals surface area contributed by atoms with Crippen LogP contribution in [0.15, 0.2) is 59.6 Å². The number of ether oxygens (including phenoxy) is 2. The molecule has 2 aromatic carbocycles. The number of anilines is 1. The molecule has 0 saturated carbocycles.